The minimum absolute atomic E-state index is 0.0951. The molecule has 0 spiro atoms. The highest BCUT2D eigenvalue weighted by Crippen LogP contribution is 2.35. The van der Waals surface area contributed by atoms with Crippen LogP contribution in [-0.4, -0.2) is 20.0 Å². The molecule has 0 bridgehead atoms. The van der Waals surface area contributed by atoms with E-state index in [9.17, 15) is 13.6 Å². The van der Waals surface area contributed by atoms with Gasteiger partial charge in [0.1, 0.15) is 23.1 Å². The molecule has 0 aliphatic carbocycles. The van der Waals surface area contributed by atoms with E-state index in [1.807, 2.05) is 13.0 Å². The Balaban J connectivity index is 2.27. The summed E-state index contributed by atoms with van der Waals surface area (Å²) in [7, 11) is 3.11. The van der Waals surface area contributed by atoms with E-state index < -0.39 is 11.6 Å². The van der Waals surface area contributed by atoms with Gasteiger partial charge in [0.25, 0.3) is 0 Å². The third-order valence-electron chi connectivity index (χ3n) is 4.04. The third-order valence-corrected chi connectivity index (χ3v) is 4.04. The lowest BCUT2D eigenvalue weighted by molar-refractivity contribution is 0.0968. The topological polar surface area (TPSA) is 35.5 Å². The van der Waals surface area contributed by atoms with Crippen LogP contribution in [0.15, 0.2) is 36.4 Å². The van der Waals surface area contributed by atoms with E-state index in [0.717, 1.165) is 17.7 Å². The van der Waals surface area contributed by atoms with Crippen LogP contribution in [0.1, 0.15) is 41.6 Å². The fraction of sp³-hybridized carbons (Fsp3) is 0.316. The molecule has 0 saturated heterocycles. The molecule has 3 nitrogen and oxygen atoms in total. The van der Waals surface area contributed by atoms with Crippen LogP contribution in [-0.2, 0) is 0 Å². The van der Waals surface area contributed by atoms with Crippen molar-refractivity contribution < 1.29 is 23.0 Å². The summed E-state index contributed by atoms with van der Waals surface area (Å²) in [6.45, 7) is 1.95. The van der Waals surface area contributed by atoms with Crippen LogP contribution in [0.25, 0.3) is 0 Å². The Bertz CT molecular complexity index is 729. The standard InChI is InChI=1S/C19H20F2O3/c1-4-12(15-8-6-14(23-2)11-19(15)24-3)9-18(22)16-7-5-13(20)10-17(16)21/h5-8,10-12H,4,9H2,1-3H3. The Labute approximate surface area is 140 Å². The average Bonchev–Trinajstić information content (AvgIpc) is 2.58. The summed E-state index contributed by atoms with van der Waals surface area (Å²) in [5.74, 6) is -0.764. The molecule has 2 rings (SSSR count). The summed E-state index contributed by atoms with van der Waals surface area (Å²) >= 11 is 0. The van der Waals surface area contributed by atoms with Gasteiger partial charge in [-0.05, 0) is 36.1 Å². The predicted octanol–water partition coefficient (Wildman–Crippen LogP) is 4.75. The number of rotatable bonds is 7. The maximum Gasteiger partial charge on any atom is 0.166 e. The molecule has 2 aromatic carbocycles. The number of ketones is 1. The number of hydrogen-bond donors (Lipinski definition) is 0. The lowest BCUT2D eigenvalue weighted by atomic mass is 9.88. The van der Waals surface area contributed by atoms with Crippen LogP contribution >= 0.6 is 0 Å². The van der Waals surface area contributed by atoms with E-state index in [0.29, 0.717) is 17.9 Å². The smallest absolute Gasteiger partial charge is 0.166 e. The van der Waals surface area contributed by atoms with Gasteiger partial charge in [-0.3, -0.25) is 4.79 Å². The van der Waals surface area contributed by atoms with Gasteiger partial charge in [-0.25, -0.2) is 8.78 Å². The molecular formula is C19H20F2O3. The zero-order chi connectivity index (χ0) is 17.7. The third kappa shape index (κ3) is 3.91. The minimum atomic E-state index is -0.837. The van der Waals surface area contributed by atoms with Gasteiger partial charge in [0.05, 0.1) is 19.8 Å². The van der Waals surface area contributed by atoms with E-state index >= 15 is 0 Å². The highest BCUT2D eigenvalue weighted by molar-refractivity contribution is 5.96. The second-order valence-corrected chi connectivity index (χ2v) is 5.46. The Hall–Kier alpha value is -2.43. The van der Waals surface area contributed by atoms with Gasteiger partial charge < -0.3 is 9.47 Å². The molecule has 0 fully saturated rings. The fourth-order valence-electron chi connectivity index (χ4n) is 2.68. The molecule has 0 aliphatic rings. The highest BCUT2D eigenvalue weighted by atomic mass is 19.1. The number of carbonyl (C=O) groups excluding carboxylic acids is 1. The molecule has 1 unspecified atom stereocenters. The van der Waals surface area contributed by atoms with E-state index in [1.165, 1.54) is 6.07 Å². The van der Waals surface area contributed by atoms with Crippen molar-refractivity contribution in [2.75, 3.05) is 14.2 Å². The predicted molar refractivity (Wildman–Crippen MR) is 87.9 cm³/mol. The lowest BCUT2D eigenvalue weighted by Gasteiger charge is -2.18. The van der Waals surface area contributed by atoms with Gasteiger partial charge >= 0.3 is 0 Å². The number of benzene rings is 2. The lowest BCUT2D eigenvalue weighted by Crippen LogP contribution is -2.10. The van der Waals surface area contributed by atoms with Crippen molar-refractivity contribution in [1.82, 2.24) is 0 Å². The molecule has 0 aromatic heterocycles. The maximum absolute atomic E-state index is 13.8. The van der Waals surface area contributed by atoms with Crippen LogP contribution < -0.4 is 9.47 Å². The van der Waals surface area contributed by atoms with Gasteiger partial charge in [-0.15, -0.1) is 0 Å². The molecule has 5 heteroatoms. The average molecular weight is 334 g/mol. The van der Waals surface area contributed by atoms with Crippen LogP contribution in [0.2, 0.25) is 0 Å². The minimum Gasteiger partial charge on any atom is -0.497 e. The van der Waals surface area contributed by atoms with Gasteiger partial charge in [0.15, 0.2) is 5.78 Å². The monoisotopic (exact) mass is 334 g/mol. The molecule has 0 N–H and O–H groups in total. The number of ether oxygens (including phenoxy) is 2. The van der Waals surface area contributed by atoms with E-state index in [-0.39, 0.29) is 23.7 Å². The molecule has 0 amide bonds. The van der Waals surface area contributed by atoms with Crippen LogP contribution in [0, 0.1) is 11.6 Å². The summed E-state index contributed by atoms with van der Waals surface area (Å²) in [6, 6.07) is 8.39. The quantitative estimate of drug-likeness (QED) is 0.686. The molecule has 0 radical (unpaired) electrons. The van der Waals surface area contributed by atoms with E-state index in [1.54, 1.807) is 26.4 Å². The first-order valence-electron chi connectivity index (χ1n) is 7.70. The van der Waals surface area contributed by atoms with Crippen LogP contribution in [0.4, 0.5) is 8.78 Å². The molecule has 1 atom stereocenters. The second-order valence-electron chi connectivity index (χ2n) is 5.46. The Morgan fingerprint density at radius 1 is 1.08 bits per heavy atom. The van der Waals surface area contributed by atoms with Crippen molar-refractivity contribution in [3.8, 4) is 11.5 Å². The van der Waals surface area contributed by atoms with Crippen molar-refractivity contribution >= 4 is 5.78 Å². The van der Waals surface area contributed by atoms with Crippen molar-refractivity contribution in [3.05, 3.63) is 59.2 Å². The number of hydrogen-bond acceptors (Lipinski definition) is 3. The van der Waals surface area contributed by atoms with Crippen molar-refractivity contribution in [2.24, 2.45) is 0 Å². The van der Waals surface area contributed by atoms with Gasteiger partial charge in [0.2, 0.25) is 0 Å². The normalized spacial score (nSPS) is 11.9. The van der Waals surface area contributed by atoms with Crippen LogP contribution in [0.3, 0.4) is 0 Å². The molecule has 24 heavy (non-hydrogen) atoms. The summed E-state index contributed by atoms with van der Waals surface area (Å²) in [6.07, 6.45) is 0.791. The van der Waals surface area contributed by atoms with Crippen molar-refractivity contribution in [1.29, 1.82) is 0 Å². The molecule has 2 aromatic rings. The first kappa shape index (κ1) is 17.9. The summed E-state index contributed by atoms with van der Waals surface area (Å²) in [5, 5.41) is 0. The first-order chi connectivity index (χ1) is 11.5. The number of methoxy groups -OCH3 is 2. The van der Waals surface area contributed by atoms with Gasteiger partial charge in [-0.2, -0.15) is 0 Å². The molecule has 0 heterocycles. The van der Waals surface area contributed by atoms with Crippen molar-refractivity contribution in [3.63, 3.8) is 0 Å². The number of halogens is 2. The largest absolute Gasteiger partial charge is 0.497 e. The zero-order valence-electron chi connectivity index (χ0n) is 13.9. The second kappa shape index (κ2) is 7.90. The molecule has 0 saturated carbocycles. The Morgan fingerprint density at radius 3 is 2.42 bits per heavy atom. The highest BCUT2D eigenvalue weighted by Gasteiger charge is 2.21. The summed E-state index contributed by atoms with van der Waals surface area (Å²) in [4.78, 5) is 12.4. The Kier molecular flexibility index (Phi) is 5.90. The van der Waals surface area contributed by atoms with E-state index in [2.05, 4.69) is 0 Å². The molecular weight excluding hydrogens is 314 g/mol. The van der Waals surface area contributed by atoms with Crippen molar-refractivity contribution in [2.45, 2.75) is 25.7 Å². The summed E-state index contributed by atoms with van der Waals surface area (Å²) in [5.41, 5.74) is 0.763. The SMILES string of the molecule is CCC(CC(=O)c1ccc(F)cc1F)c1ccc(OC)cc1OC. The molecule has 128 valence electrons. The van der Waals surface area contributed by atoms with Crippen LogP contribution in [0.5, 0.6) is 11.5 Å². The molecule has 0 aliphatic heterocycles. The summed E-state index contributed by atoms with van der Waals surface area (Å²) < 4.78 is 37.3. The van der Waals surface area contributed by atoms with Gasteiger partial charge in [0, 0.05) is 18.6 Å². The Morgan fingerprint density at radius 2 is 1.83 bits per heavy atom. The number of carbonyl (C=O) groups is 1. The van der Waals surface area contributed by atoms with Gasteiger partial charge in [-0.1, -0.05) is 13.0 Å². The maximum atomic E-state index is 13.8. The van der Waals surface area contributed by atoms with E-state index in [4.69, 9.17) is 9.47 Å². The number of Topliss-reactive ketones (excluding diaryl/α,β-unsaturated/α-hetero) is 1. The first-order valence-corrected chi connectivity index (χ1v) is 7.70. The zero-order valence-corrected chi connectivity index (χ0v) is 13.9. The fourth-order valence-corrected chi connectivity index (χ4v) is 2.68.